The fourth-order valence-corrected chi connectivity index (χ4v) is 2.13. The van der Waals surface area contributed by atoms with Crippen LogP contribution in [0.2, 0.25) is 0 Å². The maximum absolute atomic E-state index is 3.32. The molecule has 0 amide bonds. The van der Waals surface area contributed by atoms with E-state index in [4.69, 9.17) is 0 Å². The Bertz CT molecular complexity index is 343. The van der Waals surface area contributed by atoms with Gasteiger partial charge < -0.3 is 0 Å². The second-order valence-corrected chi connectivity index (χ2v) is 6.48. The fraction of sp³-hybridized carbons (Fsp3) is 0.600. The quantitative estimate of drug-likeness (QED) is 0.492. The molecule has 0 aliphatic heterocycles. The van der Waals surface area contributed by atoms with Crippen LogP contribution in [0.25, 0.3) is 0 Å². The Balaban J connectivity index is 0.000000364. The number of allylic oxidation sites excluding steroid dienone is 8. The van der Waals surface area contributed by atoms with Gasteiger partial charge >= 0.3 is 26.2 Å². The molecule has 0 saturated heterocycles. The van der Waals surface area contributed by atoms with E-state index in [1.54, 1.807) is 0 Å². The summed E-state index contributed by atoms with van der Waals surface area (Å²) >= 11 is 0. The Morgan fingerprint density at radius 1 is 0.810 bits per heavy atom. The van der Waals surface area contributed by atoms with Crippen LogP contribution in [0.5, 0.6) is 0 Å². The van der Waals surface area contributed by atoms with Gasteiger partial charge in [-0.05, 0) is 24.7 Å². The van der Waals surface area contributed by atoms with E-state index < -0.39 is 0 Å². The van der Waals surface area contributed by atoms with E-state index in [2.05, 4.69) is 64.2 Å². The zero-order valence-electron chi connectivity index (χ0n) is 14.2. The van der Waals surface area contributed by atoms with Crippen LogP contribution in [0.3, 0.4) is 0 Å². The molecule has 21 heavy (non-hydrogen) atoms. The first-order valence-corrected chi connectivity index (χ1v) is 8.10. The topological polar surface area (TPSA) is 0 Å². The number of rotatable bonds is 6. The Morgan fingerprint density at radius 3 is 1.43 bits per heavy atom. The molecule has 2 aliphatic rings. The molecule has 0 fully saturated rings. The molecule has 0 spiro atoms. The van der Waals surface area contributed by atoms with Gasteiger partial charge in [0.1, 0.15) is 0 Å². The summed E-state index contributed by atoms with van der Waals surface area (Å²) in [4.78, 5) is 0. The van der Waals surface area contributed by atoms with E-state index in [1.807, 2.05) is 0 Å². The monoisotopic (exact) mass is 360 g/mol. The molecule has 2 rings (SSSR count). The molecule has 0 heterocycles. The van der Waals surface area contributed by atoms with Crippen molar-refractivity contribution >= 4 is 0 Å². The van der Waals surface area contributed by atoms with E-state index >= 15 is 0 Å². The Hall–Kier alpha value is -0.157. The molecule has 0 bridgehead atoms. The van der Waals surface area contributed by atoms with Gasteiger partial charge in [0.25, 0.3) is 0 Å². The van der Waals surface area contributed by atoms with Gasteiger partial charge in [0, 0.05) is 0 Å². The fourth-order valence-electron chi connectivity index (χ4n) is 2.13. The van der Waals surface area contributed by atoms with Gasteiger partial charge in [-0.2, -0.15) is 12.2 Å². The molecule has 0 N–H and O–H groups in total. The van der Waals surface area contributed by atoms with E-state index in [1.165, 1.54) is 36.8 Å². The van der Waals surface area contributed by atoms with Crippen LogP contribution in [0, 0.1) is 24.0 Å². The second-order valence-electron chi connectivity index (χ2n) is 6.48. The maximum Gasteiger partial charge on any atom is 2.00 e. The third kappa shape index (κ3) is 11.1. The van der Waals surface area contributed by atoms with Gasteiger partial charge in [-0.1, -0.05) is 40.5 Å². The van der Waals surface area contributed by atoms with Crippen molar-refractivity contribution in [3.05, 3.63) is 47.6 Å². The van der Waals surface area contributed by atoms with Gasteiger partial charge in [0.2, 0.25) is 0 Å². The molecule has 0 atom stereocenters. The zero-order valence-corrected chi connectivity index (χ0v) is 16.7. The van der Waals surface area contributed by atoms with E-state index in [-0.39, 0.29) is 26.2 Å². The summed E-state index contributed by atoms with van der Waals surface area (Å²) < 4.78 is 0. The maximum atomic E-state index is 3.32. The largest absolute Gasteiger partial charge is 2.00 e. The van der Waals surface area contributed by atoms with E-state index in [0.717, 1.165) is 24.7 Å². The molecule has 1 heteroatoms. The van der Waals surface area contributed by atoms with Gasteiger partial charge in [-0.25, -0.2) is 23.3 Å². The minimum Gasteiger partial charge on any atom is -0.269 e. The minimum absolute atomic E-state index is 0. The smallest absolute Gasteiger partial charge is 0.269 e. The van der Waals surface area contributed by atoms with Crippen molar-refractivity contribution in [3.63, 3.8) is 0 Å². The van der Waals surface area contributed by atoms with Crippen molar-refractivity contribution in [3.8, 4) is 0 Å². The second kappa shape index (κ2) is 12.4. The zero-order chi connectivity index (χ0) is 14.8. The summed E-state index contributed by atoms with van der Waals surface area (Å²) in [5.41, 5.74) is 2.82. The summed E-state index contributed by atoms with van der Waals surface area (Å²) in [5, 5.41) is 0. The molecular weight excluding hydrogens is 331 g/mol. The number of hydrogen-bond donors (Lipinski definition) is 0. The van der Waals surface area contributed by atoms with Crippen LogP contribution in [0.15, 0.2) is 35.5 Å². The minimum atomic E-state index is 0. The van der Waals surface area contributed by atoms with Gasteiger partial charge in [-0.15, -0.1) is 12.8 Å². The van der Waals surface area contributed by atoms with Crippen molar-refractivity contribution in [1.82, 2.24) is 0 Å². The SMILES string of the molecule is CC(C)CCC1=[C-]CC=C1.CC(C)CCC1=[C-]CC=C1.[Zr+2]. The summed E-state index contributed by atoms with van der Waals surface area (Å²) in [6, 6.07) is 0. The predicted molar refractivity (Wildman–Crippen MR) is 89.2 cm³/mol. The Labute approximate surface area is 151 Å². The average Bonchev–Trinajstić information content (AvgIpc) is 3.08. The molecule has 2 aliphatic carbocycles. The first kappa shape index (κ1) is 20.8. The van der Waals surface area contributed by atoms with E-state index in [0.29, 0.717) is 0 Å². The molecular formula is C20H30Zr. The standard InChI is InChI=1S/2C10H15.Zr/c2*1-9(2)7-8-10-5-3-4-6-10;/h2*3,5,9H,4,7-8H2,1-2H3;/q2*-1;+2. The van der Waals surface area contributed by atoms with Crippen molar-refractivity contribution in [2.75, 3.05) is 0 Å². The molecule has 0 radical (unpaired) electrons. The van der Waals surface area contributed by atoms with Crippen molar-refractivity contribution in [2.45, 2.75) is 66.2 Å². The van der Waals surface area contributed by atoms with Crippen LogP contribution in [-0.4, -0.2) is 0 Å². The number of hydrogen-bond acceptors (Lipinski definition) is 0. The Morgan fingerprint density at radius 2 is 1.19 bits per heavy atom. The summed E-state index contributed by atoms with van der Waals surface area (Å²) in [5.74, 6) is 1.64. The molecule has 114 valence electrons. The van der Waals surface area contributed by atoms with Crippen molar-refractivity contribution in [2.24, 2.45) is 11.8 Å². The molecule has 0 unspecified atom stereocenters. The van der Waals surface area contributed by atoms with Crippen LogP contribution in [-0.2, 0) is 26.2 Å². The van der Waals surface area contributed by atoms with Gasteiger partial charge in [-0.3, -0.25) is 12.2 Å². The van der Waals surface area contributed by atoms with Gasteiger partial charge in [0.15, 0.2) is 0 Å². The van der Waals surface area contributed by atoms with Crippen LogP contribution in [0.1, 0.15) is 66.2 Å². The third-order valence-corrected chi connectivity index (χ3v) is 3.51. The molecule has 0 aromatic heterocycles. The molecule has 0 saturated carbocycles. The van der Waals surface area contributed by atoms with E-state index in [9.17, 15) is 0 Å². The first-order chi connectivity index (χ1) is 9.58. The van der Waals surface area contributed by atoms with Crippen molar-refractivity contribution in [1.29, 1.82) is 0 Å². The van der Waals surface area contributed by atoms with Crippen molar-refractivity contribution < 1.29 is 26.2 Å². The van der Waals surface area contributed by atoms with Crippen LogP contribution >= 0.6 is 0 Å². The predicted octanol–water partition coefficient (Wildman–Crippen LogP) is 6.22. The Kier molecular flexibility index (Phi) is 12.3. The van der Waals surface area contributed by atoms with Crippen LogP contribution in [0.4, 0.5) is 0 Å². The molecule has 0 aromatic rings. The van der Waals surface area contributed by atoms with Gasteiger partial charge in [0.05, 0.1) is 0 Å². The summed E-state index contributed by atoms with van der Waals surface area (Å²) in [7, 11) is 0. The molecule has 0 nitrogen and oxygen atoms in total. The van der Waals surface area contributed by atoms with Crippen LogP contribution < -0.4 is 0 Å². The average molecular weight is 362 g/mol. The normalized spacial score (nSPS) is 15.7. The third-order valence-electron chi connectivity index (χ3n) is 3.51. The summed E-state index contributed by atoms with van der Waals surface area (Å²) in [6.07, 6.45) is 22.5. The molecule has 0 aromatic carbocycles. The first-order valence-electron chi connectivity index (χ1n) is 8.10. The summed E-state index contributed by atoms with van der Waals surface area (Å²) in [6.45, 7) is 9.05.